The Morgan fingerprint density at radius 3 is 2.83 bits per heavy atom. The van der Waals surface area contributed by atoms with E-state index in [1.54, 1.807) is 0 Å². The van der Waals surface area contributed by atoms with Crippen molar-refractivity contribution in [3.05, 3.63) is 11.7 Å². The quantitative estimate of drug-likeness (QED) is 0.875. The number of aliphatic carboxylic acids is 1. The minimum absolute atomic E-state index is 0.168. The topological polar surface area (TPSA) is 85.5 Å². The van der Waals surface area contributed by atoms with Gasteiger partial charge in [0.25, 0.3) is 0 Å². The van der Waals surface area contributed by atoms with Crippen molar-refractivity contribution >= 4 is 5.97 Å². The van der Waals surface area contributed by atoms with Gasteiger partial charge in [-0.2, -0.15) is 4.98 Å². The molecular formula is C12H16N2O4. The van der Waals surface area contributed by atoms with Crippen LogP contribution in [-0.4, -0.2) is 34.4 Å². The van der Waals surface area contributed by atoms with Crippen LogP contribution in [0.1, 0.15) is 43.8 Å². The van der Waals surface area contributed by atoms with Crippen LogP contribution in [-0.2, 0) is 9.53 Å². The molecule has 0 spiro atoms. The second kappa shape index (κ2) is 3.78. The Balaban J connectivity index is 1.80. The summed E-state index contributed by atoms with van der Waals surface area (Å²) in [6.07, 6.45) is 0.898. The number of carboxylic acid groups (broad SMARTS) is 1. The molecule has 0 aromatic carbocycles. The van der Waals surface area contributed by atoms with Gasteiger partial charge in [-0.1, -0.05) is 19.0 Å². The highest BCUT2D eigenvalue weighted by Gasteiger charge is 2.65. The summed E-state index contributed by atoms with van der Waals surface area (Å²) in [6.45, 7) is 5.18. The highest BCUT2D eigenvalue weighted by molar-refractivity contribution is 5.77. The molecule has 1 N–H and O–H groups in total. The summed E-state index contributed by atoms with van der Waals surface area (Å²) in [4.78, 5) is 15.5. The highest BCUT2D eigenvalue weighted by atomic mass is 16.5. The molecular weight excluding hydrogens is 236 g/mol. The van der Waals surface area contributed by atoms with Crippen LogP contribution in [0.2, 0.25) is 0 Å². The summed E-state index contributed by atoms with van der Waals surface area (Å²) in [5.74, 6) is -0.102. The van der Waals surface area contributed by atoms with E-state index >= 15 is 0 Å². The first-order valence-corrected chi connectivity index (χ1v) is 6.16. The Morgan fingerprint density at radius 1 is 1.50 bits per heavy atom. The lowest BCUT2D eigenvalue weighted by atomic mass is 10.1. The summed E-state index contributed by atoms with van der Waals surface area (Å²) < 4.78 is 10.5. The monoisotopic (exact) mass is 252 g/mol. The van der Waals surface area contributed by atoms with E-state index in [0.29, 0.717) is 18.3 Å². The molecule has 3 rings (SSSR count). The van der Waals surface area contributed by atoms with Crippen molar-refractivity contribution in [1.82, 2.24) is 10.1 Å². The predicted molar refractivity (Wildman–Crippen MR) is 60.1 cm³/mol. The number of ether oxygens (including phenoxy) is 1. The molecule has 1 aliphatic heterocycles. The van der Waals surface area contributed by atoms with Gasteiger partial charge in [0.05, 0.1) is 18.4 Å². The molecule has 1 aromatic heterocycles. The first-order valence-electron chi connectivity index (χ1n) is 6.16. The minimum atomic E-state index is -0.797. The van der Waals surface area contributed by atoms with Crippen LogP contribution >= 0.6 is 0 Å². The van der Waals surface area contributed by atoms with Gasteiger partial charge in [-0.25, -0.2) is 0 Å². The van der Waals surface area contributed by atoms with Crippen LogP contribution in [0.5, 0.6) is 0 Å². The van der Waals surface area contributed by atoms with Crippen molar-refractivity contribution in [3.8, 4) is 0 Å². The van der Waals surface area contributed by atoms with Crippen LogP contribution in [0, 0.1) is 11.3 Å². The zero-order chi connectivity index (χ0) is 12.9. The molecule has 18 heavy (non-hydrogen) atoms. The summed E-state index contributed by atoms with van der Waals surface area (Å²) in [5.41, 5.74) is -0.304. The van der Waals surface area contributed by atoms with Crippen LogP contribution in [0.15, 0.2) is 4.52 Å². The molecule has 6 nitrogen and oxygen atoms in total. The van der Waals surface area contributed by atoms with E-state index in [1.807, 2.05) is 13.8 Å². The largest absolute Gasteiger partial charge is 0.481 e. The third kappa shape index (κ3) is 1.63. The molecule has 2 fully saturated rings. The Morgan fingerprint density at radius 2 is 2.28 bits per heavy atom. The van der Waals surface area contributed by atoms with Gasteiger partial charge in [-0.05, 0) is 11.8 Å². The van der Waals surface area contributed by atoms with E-state index in [4.69, 9.17) is 14.4 Å². The van der Waals surface area contributed by atoms with Gasteiger partial charge in [0, 0.05) is 12.5 Å². The number of nitrogens with zero attached hydrogens (tertiary/aromatic N) is 2. The summed E-state index contributed by atoms with van der Waals surface area (Å²) >= 11 is 0. The van der Waals surface area contributed by atoms with E-state index in [2.05, 4.69) is 10.1 Å². The predicted octanol–water partition coefficient (Wildman–Crippen LogP) is 1.40. The zero-order valence-corrected chi connectivity index (χ0v) is 10.4. The Labute approximate surface area is 104 Å². The van der Waals surface area contributed by atoms with Crippen molar-refractivity contribution in [2.45, 2.75) is 32.1 Å². The lowest BCUT2D eigenvalue weighted by Crippen LogP contribution is -2.03. The molecule has 6 heteroatoms. The average molecular weight is 252 g/mol. The van der Waals surface area contributed by atoms with Gasteiger partial charge in [-0.3, -0.25) is 4.79 Å². The molecule has 0 radical (unpaired) electrons. The van der Waals surface area contributed by atoms with Gasteiger partial charge in [0.1, 0.15) is 0 Å². The van der Waals surface area contributed by atoms with E-state index < -0.39 is 11.9 Å². The molecule has 98 valence electrons. The fraction of sp³-hybridized carbons (Fsp3) is 0.750. The highest BCUT2D eigenvalue weighted by Crippen LogP contribution is 2.64. The van der Waals surface area contributed by atoms with Crippen molar-refractivity contribution in [2.24, 2.45) is 11.3 Å². The Bertz CT molecular complexity index is 476. The summed E-state index contributed by atoms with van der Waals surface area (Å²) in [6, 6.07) is 0. The van der Waals surface area contributed by atoms with E-state index in [9.17, 15) is 4.79 Å². The van der Waals surface area contributed by atoms with Gasteiger partial charge in [-0.15, -0.1) is 0 Å². The standard InChI is InChI=1S/C12H16N2O4/c1-12(2)7(8(12)11(15)16)10-13-9(14-18-10)6-3-4-17-5-6/h6-8H,3-5H2,1-2H3,(H,15,16). The van der Waals surface area contributed by atoms with Crippen LogP contribution in [0.4, 0.5) is 0 Å². The molecule has 1 aliphatic carbocycles. The van der Waals surface area contributed by atoms with Crippen LogP contribution in [0.25, 0.3) is 0 Å². The number of aromatic nitrogens is 2. The molecule has 1 aromatic rings. The van der Waals surface area contributed by atoms with E-state index in [-0.39, 0.29) is 17.3 Å². The van der Waals surface area contributed by atoms with Crippen LogP contribution < -0.4 is 0 Å². The molecule has 2 heterocycles. The van der Waals surface area contributed by atoms with Crippen molar-refractivity contribution in [3.63, 3.8) is 0 Å². The molecule has 0 bridgehead atoms. The van der Waals surface area contributed by atoms with Crippen molar-refractivity contribution in [1.29, 1.82) is 0 Å². The van der Waals surface area contributed by atoms with Crippen LogP contribution in [0.3, 0.4) is 0 Å². The molecule has 1 saturated heterocycles. The summed E-state index contributed by atoms with van der Waals surface area (Å²) in [5, 5.41) is 13.1. The second-order valence-corrected chi connectivity index (χ2v) is 5.67. The molecule has 0 amide bonds. The maximum absolute atomic E-state index is 11.1. The smallest absolute Gasteiger partial charge is 0.307 e. The lowest BCUT2D eigenvalue weighted by Gasteiger charge is -1.98. The Kier molecular flexibility index (Phi) is 2.45. The fourth-order valence-corrected chi connectivity index (χ4v) is 2.84. The number of carbonyl (C=O) groups is 1. The first-order chi connectivity index (χ1) is 8.51. The average Bonchev–Trinajstić information content (AvgIpc) is 2.80. The van der Waals surface area contributed by atoms with Crippen molar-refractivity contribution < 1.29 is 19.2 Å². The normalized spacial score (nSPS) is 33.6. The van der Waals surface area contributed by atoms with Gasteiger partial charge in [0.15, 0.2) is 5.82 Å². The molecule has 1 saturated carbocycles. The number of hydrogen-bond acceptors (Lipinski definition) is 5. The van der Waals surface area contributed by atoms with E-state index in [0.717, 1.165) is 13.0 Å². The molecule has 2 aliphatic rings. The van der Waals surface area contributed by atoms with Gasteiger partial charge in [0.2, 0.25) is 5.89 Å². The first kappa shape index (κ1) is 11.6. The number of carboxylic acids is 1. The fourth-order valence-electron chi connectivity index (χ4n) is 2.84. The summed E-state index contributed by atoms with van der Waals surface area (Å²) in [7, 11) is 0. The number of rotatable bonds is 3. The SMILES string of the molecule is CC1(C)C(C(=O)O)C1c1nc(C2CCOC2)no1. The third-order valence-electron chi connectivity index (χ3n) is 4.11. The van der Waals surface area contributed by atoms with Gasteiger partial charge < -0.3 is 14.4 Å². The minimum Gasteiger partial charge on any atom is -0.481 e. The third-order valence-corrected chi connectivity index (χ3v) is 4.11. The van der Waals surface area contributed by atoms with Gasteiger partial charge >= 0.3 is 5.97 Å². The lowest BCUT2D eigenvalue weighted by molar-refractivity contribution is -0.139. The second-order valence-electron chi connectivity index (χ2n) is 5.67. The zero-order valence-electron chi connectivity index (χ0n) is 10.4. The maximum atomic E-state index is 11.1. The Hall–Kier alpha value is -1.43. The van der Waals surface area contributed by atoms with E-state index in [1.165, 1.54) is 0 Å². The van der Waals surface area contributed by atoms with Crippen molar-refractivity contribution in [2.75, 3.05) is 13.2 Å². The number of hydrogen-bond donors (Lipinski definition) is 1. The molecule has 3 atom stereocenters. The molecule has 3 unspecified atom stereocenters. The maximum Gasteiger partial charge on any atom is 0.307 e.